The van der Waals surface area contributed by atoms with E-state index >= 15 is 0 Å². The Kier molecular flexibility index (Phi) is 5.14. The number of amides is 1. The molecule has 0 saturated carbocycles. The number of carbonyl (C=O) groups is 1. The third-order valence-corrected chi connectivity index (χ3v) is 3.97. The number of nitrogens with zero attached hydrogens (tertiary/aromatic N) is 1. The van der Waals surface area contributed by atoms with Gasteiger partial charge < -0.3 is 9.73 Å². The zero-order chi connectivity index (χ0) is 17.8. The van der Waals surface area contributed by atoms with Crippen molar-refractivity contribution in [3.63, 3.8) is 0 Å². The molecule has 0 bridgehead atoms. The second kappa shape index (κ2) is 7.49. The molecule has 0 aliphatic rings. The van der Waals surface area contributed by atoms with Crippen LogP contribution >= 0.6 is 11.6 Å². The Bertz CT molecular complexity index is 891. The summed E-state index contributed by atoms with van der Waals surface area (Å²) in [5, 5.41) is 3.35. The van der Waals surface area contributed by atoms with E-state index in [0.29, 0.717) is 28.8 Å². The molecule has 25 heavy (non-hydrogen) atoms. The summed E-state index contributed by atoms with van der Waals surface area (Å²) in [5.74, 6) is 0.477. The van der Waals surface area contributed by atoms with Gasteiger partial charge in [-0.1, -0.05) is 17.7 Å². The molecule has 1 aromatic heterocycles. The van der Waals surface area contributed by atoms with Gasteiger partial charge in [0.2, 0.25) is 5.91 Å². The van der Waals surface area contributed by atoms with E-state index < -0.39 is 0 Å². The Morgan fingerprint density at radius 2 is 2.00 bits per heavy atom. The van der Waals surface area contributed by atoms with Crippen molar-refractivity contribution >= 4 is 23.2 Å². The molecule has 3 aromatic rings. The highest BCUT2D eigenvalue weighted by molar-refractivity contribution is 6.30. The first kappa shape index (κ1) is 17.2. The Morgan fingerprint density at radius 1 is 1.24 bits per heavy atom. The minimum atomic E-state index is -0.388. The van der Waals surface area contributed by atoms with Gasteiger partial charge in [0.25, 0.3) is 0 Å². The first-order chi connectivity index (χ1) is 12.0. The lowest BCUT2D eigenvalue weighted by molar-refractivity contribution is -0.116. The third kappa shape index (κ3) is 4.45. The van der Waals surface area contributed by atoms with Crippen LogP contribution in [0.15, 0.2) is 53.1 Å². The maximum Gasteiger partial charge on any atom is 0.224 e. The van der Waals surface area contributed by atoms with Gasteiger partial charge in [0, 0.05) is 29.1 Å². The van der Waals surface area contributed by atoms with Crippen LogP contribution < -0.4 is 5.32 Å². The summed E-state index contributed by atoms with van der Waals surface area (Å²) in [6, 6.07) is 11.5. The van der Waals surface area contributed by atoms with E-state index in [1.165, 1.54) is 12.1 Å². The summed E-state index contributed by atoms with van der Waals surface area (Å²) >= 11 is 5.86. The van der Waals surface area contributed by atoms with Crippen molar-refractivity contribution < 1.29 is 13.6 Å². The van der Waals surface area contributed by atoms with E-state index in [-0.39, 0.29) is 18.1 Å². The van der Waals surface area contributed by atoms with Crippen molar-refractivity contribution in [1.29, 1.82) is 0 Å². The zero-order valence-electron chi connectivity index (χ0n) is 13.6. The normalized spacial score (nSPS) is 10.7. The molecular weight excluding hydrogens is 343 g/mol. The van der Waals surface area contributed by atoms with Crippen LogP contribution in [0.1, 0.15) is 17.9 Å². The molecule has 1 N–H and O–H groups in total. The van der Waals surface area contributed by atoms with Gasteiger partial charge in [0.1, 0.15) is 5.82 Å². The molecule has 128 valence electrons. The standard InChI is InChI=1S/C19H16ClFN2O2/c1-12-2-7-15(21)10-16(12)23-18(24)8-9-19-22-11-17(25-19)13-3-5-14(20)6-4-13/h2-7,10-11H,8-9H2,1H3,(H,23,24). The zero-order valence-corrected chi connectivity index (χ0v) is 14.3. The topological polar surface area (TPSA) is 55.1 Å². The number of halogens is 2. The minimum absolute atomic E-state index is 0.191. The van der Waals surface area contributed by atoms with Gasteiger partial charge in [0.05, 0.1) is 6.20 Å². The van der Waals surface area contributed by atoms with Crippen LogP contribution in [0.3, 0.4) is 0 Å². The quantitative estimate of drug-likeness (QED) is 0.697. The van der Waals surface area contributed by atoms with Gasteiger partial charge in [-0.25, -0.2) is 9.37 Å². The Labute approximate surface area is 149 Å². The number of benzene rings is 2. The maximum atomic E-state index is 13.3. The number of anilines is 1. The second-order valence-corrected chi connectivity index (χ2v) is 6.07. The van der Waals surface area contributed by atoms with Crippen molar-refractivity contribution in [2.45, 2.75) is 19.8 Å². The first-order valence-electron chi connectivity index (χ1n) is 7.78. The fraction of sp³-hybridized carbons (Fsp3) is 0.158. The smallest absolute Gasteiger partial charge is 0.224 e. The number of oxazole rings is 1. The molecule has 0 spiro atoms. The van der Waals surface area contributed by atoms with Crippen LogP contribution in [0.2, 0.25) is 5.02 Å². The predicted molar refractivity (Wildman–Crippen MR) is 95.0 cm³/mol. The molecular formula is C19H16ClFN2O2. The van der Waals surface area contributed by atoms with Crippen LogP contribution in [0.5, 0.6) is 0 Å². The molecule has 0 fully saturated rings. The maximum absolute atomic E-state index is 13.3. The summed E-state index contributed by atoms with van der Waals surface area (Å²) in [6.45, 7) is 1.81. The van der Waals surface area contributed by atoms with Gasteiger partial charge in [-0.05, 0) is 48.9 Å². The predicted octanol–water partition coefficient (Wildman–Crippen LogP) is 5.01. The number of hydrogen-bond donors (Lipinski definition) is 1. The molecule has 0 aliphatic heterocycles. The van der Waals surface area contributed by atoms with Gasteiger partial charge in [-0.2, -0.15) is 0 Å². The molecule has 1 heterocycles. The van der Waals surface area contributed by atoms with Crippen LogP contribution in [-0.2, 0) is 11.2 Å². The number of aryl methyl sites for hydroxylation is 2. The Balaban J connectivity index is 1.59. The molecule has 0 atom stereocenters. The Morgan fingerprint density at radius 3 is 2.76 bits per heavy atom. The average Bonchev–Trinajstić information content (AvgIpc) is 3.06. The van der Waals surface area contributed by atoms with E-state index in [9.17, 15) is 9.18 Å². The molecule has 6 heteroatoms. The molecule has 3 rings (SSSR count). The van der Waals surface area contributed by atoms with Crippen LogP contribution in [0.4, 0.5) is 10.1 Å². The van der Waals surface area contributed by atoms with Crippen LogP contribution in [0.25, 0.3) is 11.3 Å². The molecule has 1 amide bonds. The fourth-order valence-electron chi connectivity index (χ4n) is 2.34. The van der Waals surface area contributed by atoms with Crippen molar-refractivity contribution in [3.05, 3.63) is 71.0 Å². The van der Waals surface area contributed by atoms with E-state index in [1.807, 2.05) is 19.1 Å². The second-order valence-electron chi connectivity index (χ2n) is 5.63. The number of hydrogen-bond acceptors (Lipinski definition) is 3. The summed E-state index contributed by atoms with van der Waals surface area (Å²) in [7, 11) is 0. The van der Waals surface area contributed by atoms with E-state index in [0.717, 1.165) is 11.1 Å². The number of carbonyl (C=O) groups excluding carboxylic acids is 1. The highest BCUT2D eigenvalue weighted by Crippen LogP contribution is 2.23. The van der Waals surface area contributed by atoms with Crippen molar-refractivity contribution in [2.75, 3.05) is 5.32 Å². The lowest BCUT2D eigenvalue weighted by atomic mass is 10.2. The van der Waals surface area contributed by atoms with E-state index in [2.05, 4.69) is 10.3 Å². The lowest BCUT2D eigenvalue weighted by Crippen LogP contribution is -2.13. The summed E-state index contributed by atoms with van der Waals surface area (Å²) in [5.41, 5.74) is 2.14. The fourth-order valence-corrected chi connectivity index (χ4v) is 2.46. The van der Waals surface area contributed by atoms with Gasteiger partial charge in [-0.15, -0.1) is 0 Å². The SMILES string of the molecule is Cc1ccc(F)cc1NC(=O)CCc1ncc(-c2ccc(Cl)cc2)o1. The van der Waals surface area contributed by atoms with E-state index in [4.69, 9.17) is 16.0 Å². The Hall–Kier alpha value is -2.66. The summed E-state index contributed by atoms with van der Waals surface area (Å²) in [6.07, 6.45) is 2.16. The molecule has 0 aliphatic carbocycles. The number of rotatable bonds is 5. The van der Waals surface area contributed by atoms with E-state index in [1.54, 1.807) is 24.4 Å². The lowest BCUT2D eigenvalue weighted by Gasteiger charge is -2.07. The van der Waals surface area contributed by atoms with Gasteiger partial charge in [-0.3, -0.25) is 4.79 Å². The number of nitrogens with one attached hydrogen (secondary N) is 1. The molecule has 0 unspecified atom stereocenters. The van der Waals surface area contributed by atoms with Crippen LogP contribution in [-0.4, -0.2) is 10.9 Å². The van der Waals surface area contributed by atoms with Crippen molar-refractivity contribution in [3.8, 4) is 11.3 Å². The summed E-state index contributed by atoms with van der Waals surface area (Å²) < 4.78 is 18.9. The van der Waals surface area contributed by atoms with Gasteiger partial charge >= 0.3 is 0 Å². The highest BCUT2D eigenvalue weighted by atomic mass is 35.5. The molecule has 2 aromatic carbocycles. The monoisotopic (exact) mass is 358 g/mol. The van der Waals surface area contributed by atoms with Crippen molar-refractivity contribution in [2.24, 2.45) is 0 Å². The highest BCUT2D eigenvalue weighted by Gasteiger charge is 2.10. The molecule has 4 nitrogen and oxygen atoms in total. The number of aromatic nitrogens is 1. The molecule has 0 saturated heterocycles. The van der Waals surface area contributed by atoms with Crippen LogP contribution in [0, 0.1) is 12.7 Å². The third-order valence-electron chi connectivity index (χ3n) is 3.72. The minimum Gasteiger partial charge on any atom is -0.441 e. The van der Waals surface area contributed by atoms with Crippen molar-refractivity contribution in [1.82, 2.24) is 4.98 Å². The largest absolute Gasteiger partial charge is 0.441 e. The average molecular weight is 359 g/mol. The summed E-state index contributed by atoms with van der Waals surface area (Å²) in [4.78, 5) is 16.2. The first-order valence-corrected chi connectivity index (χ1v) is 8.16. The molecule has 0 radical (unpaired) electrons. The van der Waals surface area contributed by atoms with Gasteiger partial charge in [0.15, 0.2) is 11.7 Å².